The predicted octanol–water partition coefficient (Wildman–Crippen LogP) is 0.999. The van der Waals surface area contributed by atoms with Crippen LogP contribution in [-0.4, -0.2) is 124 Å². The van der Waals surface area contributed by atoms with Crippen molar-refractivity contribution in [1.29, 1.82) is 0 Å². The maximum absolute atomic E-state index is 12.1. The van der Waals surface area contributed by atoms with Gasteiger partial charge < -0.3 is 43.8 Å². The number of ketones is 1. The van der Waals surface area contributed by atoms with E-state index in [1.807, 2.05) is 0 Å². The molecule has 0 atom stereocenters. The quantitative estimate of drug-likeness (QED) is 0.0566. The highest BCUT2D eigenvalue weighted by molar-refractivity contribution is 5.87. The van der Waals surface area contributed by atoms with Crippen molar-refractivity contribution in [2.24, 2.45) is 5.41 Å². The number of hydrogen-bond donors (Lipinski definition) is 2. The molecule has 242 valence electrons. The van der Waals surface area contributed by atoms with Crippen LogP contribution in [0.1, 0.15) is 33.1 Å². The summed E-state index contributed by atoms with van der Waals surface area (Å²) < 4.78 is 38.7. The van der Waals surface area contributed by atoms with Crippen molar-refractivity contribution in [3.8, 4) is 0 Å². The topological polar surface area (TPSA) is 157 Å². The van der Waals surface area contributed by atoms with Crippen molar-refractivity contribution < 1.29 is 52.3 Å². The summed E-state index contributed by atoms with van der Waals surface area (Å²) in [5.74, 6) is -1.31. The maximum Gasteiger partial charge on any atom is 0.333 e. The molecule has 42 heavy (non-hydrogen) atoms. The summed E-state index contributed by atoms with van der Waals surface area (Å²) in [5.41, 5.74) is -0.286. The van der Waals surface area contributed by atoms with Crippen LogP contribution in [0, 0.1) is 5.41 Å². The van der Waals surface area contributed by atoms with Gasteiger partial charge in [-0.3, -0.25) is 9.59 Å². The molecule has 2 N–H and O–H groups in total. The van der Waals surface area contributed by atoms with Crippen LogP contribution in [0.25, 0.3) is 0 Å². The molecule has 0 rings (SSSR count). The van der Waals surface area contributed by atoms with Gasteiger partial charge in [0.2, 0.25) is 0 Å². The van der Waals surface area contributed by atoms with Gasteiger partial charge in [0.15, 0.2) is 0 Å². The first kappa shape index (κ1) is 39.3. The van der Waals surface area contributed by atoms with Crippen LogP contribution in [0.15, 0.2) is 24.3 Å². The van der Waals surface area contributed by atoms with E-state index in [1.165, 1.54) is 0 Å². The molecule has 0 spiro atoms. The van der Waals surface area contributed by atoms with E-state index in [0.717, 1.165) is 0 Å². The third kappa shape index (κ3) is 21.1. The second-order valence-corrected chi connectivity index (χ2v) is 9.76. The third-order valence-electron chi connectivity index (χ3n) is 5.50. The molecule has 0 aromatic carbocycles. The molecule has 0 aliphatic carbocycles. The van der Waals surface area contributed by atoms with E-state index < -0.39 is 17.4 Å². The van der Waals surface area contributed by atoms with Gasteiger partial charge in [0.05, 0.1) is 64.7 Å². The molecular weight excluding hydrogens is 552 g/mol. The van der Waals surface area contributed by atoms with Gasteiger partial charge in [-0.1, -0.05) is 13.2 Å². The van der Waals surface area contributed by atoms with Gasteiger partial charge in [0.25, 0.3) is 0 Å². The fourth-order valence-corrected chi connectivity index (χ4v) is 3.13. The first-order valence-corrected chi connectivity index (χ1v) is 14.0. The fourth-order valence-electron chi connectivity index (χ4n) is 3.13. The van der Waals surface area contributed by atoms with Gasteiger partial charge in [-0.05, 0) is 27.9 Å². The number of carbonyl (C=O) groups excluding carboxylic acids is 4. The molecule has 13 nitrogen and oxygen atoms in total. The van der Waals surface area contributed by atoms with Crippen LogP contribution in [-0.2, 0) is 52.3 Å². The molecule has 0 unspecified atom stereocenters. The summed E-state index contributed by atoms with van der Waals surface area (Å²) in [6.07, 6.45) is 0.894. The molecule has 0 amide bonds. The molecule has 0 aromatic rings. The summed E-state index contributed by atoms with van der Waals surface area (Å²) in [5, 5.41) is 5.82. The summed E-state index contributed by atoms with van der Waals surface area (Å²) in [7, 11) is 3.52. The molecule has 0 radical (unpaired) electrons. The lowest BCUT2D eigenvalue weighted by Crippen LogP contribution is -2.42. The Labute approximate surface area is 249 Å². The summed E-state index contributed by atoms with van der Waals surface area (Å²) in [6, 6.07) is 0. The second-order valence-electron chi connectivity index (χ2n) is 9.76. The minimum atomic E-state index is -0.846. The standard InChI is InChI=1S/C29H50N2O11/c1-23(2)27(34)41-17-14-38-21-29(19-36-12-9-25(32)7-10-30-5,22-39-15-18-42-28(35)24(3)4)20-37-13-16-40-26(33)8-11-31-6/h30-31H,1,3,7-22H2,2,4-6H3. The summed E-state index contributed by atoms with van der Waals surface area (Å²) in [6.45, 7) is 12.3. The molecule has 0 heterocycles. The molecule has 13 heteroatoms. The Bertz CT molecular complexity index is 796. The number of hydrogen-bond acceptors (Lipinski definition) is 13. The molecule has 0 aliphatic heterocycles. The highest BCUT2D eigenvalue weighted by atomic mass is 16.6. The van der Waals surface area contributed by atoms with Crippen molar-refractivity contribution in [1.82, 2.24) is 10.6 Å². The van der Waals surface area contributed by atoms with Crippen LogP contribution >= 0.6 is 0 Å². The summed E-state index contributed by atoms with van der Waals surface area (Å²) in [4.78, 5) is 47.1. The first-order chi connectivity index (χ1) is 20.1. The Kier molecular flexibility index (Phi) is 23.3. The van der Waals surface area contributed by atoms with Crippen LogP contribution in [0.4, 0.5) is 0 Å². The Morgan fingerprint density at radius 1 is 0.571 bits per heavy atom. The van der Waals surface area contributed by atoms with Crippen molar-refractivity contribution in [3.63, 3.8) is 0 Å². The van der Waals surface area contributed by atoms with E-state index in [2.05, 4.69) is 23.8 Å². The van der Waals surface area contributed by atoms with Gasteiger partial charge in [-0.2, -0.15) is 0 Å². The lowest BCUT2D eigenvalue weighted by Gasteiger charge is -2.33. The second kappa shape index (κ2) is 24.9. The third-order valence-corrected chi connectivity index (χ3v) is 5.50. The molecule has 0 saturated heterocycles. The average molecular weight is 603 g/mol. The lowest BCUT2D eigenvalue weighted by molar-refractivity contribution is -0.148. The minimum Gasteiger partial charge on any atom is -0.463 e. The van der Waals surface area contributed by atoms with E-state index in [9.17, 15) is 19.2 Å². The van der Waals surface area contributed by atoms with Crippen molar-refractivity contribution in [2.75, 3.05) is 99.9 Å². The Morgan fingerprint density at radius 3 is 1.40 bits per heavy atom. The van der Waals surface area contributed by atoms with Gasteiger partial charge in [-0.15, -0.1) is 0 Å². The van der Waals surface area contributed by atoms with Gasteiger partial charge in [-0.25, -0.2) is 9.59 Å². The smallest absolute Gasteiger partial charge is 0.333 e. The van der Waals surface area contributed by atoms with E-state index in [0.29, 0.717) is 19.5 Å². The minimum absolute atomic E-state index is 0.0176. The predicted molar refractivity (Wildman–Crippen MR) is 155 cm³/mol. The summed E-state index contributed by atoms with van der Waals surface area (Å²) >= 11 is 0. The first-order valence-electron chi connectivity index (χ1n) is 14.0. The highest BCUT2D eigenvalue weighted by Crippen LogP contribution is 2.21. The Morgan fingerprint density at radius 2 is 0.976 bits per heavy atom. The number of nitrogens with one attached hydrogen (secondary N) is 2. The maximum atomic E-state index is 12.1. The number of rotatable bonds is 28. The largest absolute Gasteiger partial charge is 0.463 e. The zero-order chi connectivity index (χ0) is 31.6. The van der Waals surface area contributed by atoms with Gasteiger partial charge in [0.1, 0.15) is 25.6 Å². The van der Waals surface area contributed by atoms with Crippen molar-refractivity contribution in [3.05, 3.63) is 24.3 Å². The number of carbonyl (C=O) groups is 4. The fraction of sp³-hybridized carbons (Fsp3) is 0.724. The molecule has 0 aromatic heterocycles. The number of Topliss-reactive ketones (excluding diaryl/α,β-unsaturated/α-hetero) is 1. The number of ether oxygens (including phenoxy) is 7. The monoisotopic (exact) mass is 602 g/mol. The van der Waals surface area contributed by atoms with Crippen LogP contribution in [0.2, 0.25) is 0 Å². The zero-order valence-electron chi connectivity index (χ0n) is 25.7. The van der Waals surface area contributed by atoms with Crippen LogP contribution in [0.5, 0.6) is 0 Å². The molecular formula is C29H50N2O11. The Balaban J connectivity index is 5.24. The zero-order valence-corrected chi connectivity index (χ0v) is 25.7. The van der Waals surface area contributed by atoms with E-state index in [-0.39, 0.29) is 108 Å². The molecule has 0 fully saturated rings. The average Bonchev–Trinajstić information content (AvgIpc) is 2.96. The SMILES string of the molecule is C=C(C)C(=O)OCCOCC(COCCOC(=O)CCNC)(COCCOC(=O)C(=C)C)COCCC(=O)CCNC. The van der Waals surface area contributed by atoms with Gasteiger partial charge in [0, 0.05) is 37.1 Å². The van der Waals surface area contributed by atoms with Crippen molar-refractivity contribution in [2.45, 2.75) is 33.1 Å². The molecule has 0 aliphatic rings. The van der Waals surface area contributed by atoms with E-state index in [1.54, 1.807) is 27.9 Å². The molecule has 0 saturated carbocycles. The van der Waals surface area contributed by atoms with Crippen molar-refractivity contribution >= 4 is 23.7 Å². The normalized spacial score (nSPS) is 11.1. The van der Waals surface area contributed by atoms with Crippen LogP contribution < -0.4 is 10.6 Å². The van der Waals surface area contributed by atoms with E-state index >= 15 is 0 Å². The van der Waals surface area contributed by atoms with E-state index in [4.69, 9.17) is 33.2 Å². The highest BCUT2D eigenvalue weighted by Gasteiger charge is 2.33. The van der Waals surface area contributed by atoms with Crippen LogP contribution in [0.3, 0.4) is 0 Å². The Hall–Kier alpha value is -2.68. The number of esters is 3. The van der Waals surface area contributed by atoms with Gasteiger partial charge >= 0.3 is 17.9 Å². The molecule has 0 bridgehead atoms. The lowest BCUT2D eigenvalue weighted by atomic mass is 9.92.